The first-order valence-corrected chi connectivity index (χ1v) is 12.4. The summed E-state index contributed by atoms with van der Waals surface area (Å²) in [5, 5.41) is 15.6. The highest BCUT2D eigenvalue weighted by Crippen LogP contribution is 2.40. The molecule has 1 unspecified atom stereocenters. The number of nitrogens with one attached hydrogen (secondary N) is 2. The Labute approximate surface area is 227 Å². The number of benzene rings is 2. The second kappa shape index (κ2) is 11.3. The van der Waals surface area contributed by atoms with Gasteiger partial charge in [0.15, 0.2) is 11.5 Å². The number of carbonyl (C=O) groups is 1. The highest BCUT2D eigenvalue weighted by Gasteiger charge is 2.56. The van der Waals surface area contributed by atoms with Gasteiger partial charge < -0.3 is 25.2 Å². The van der Waals surface area contributed by atoms with Crippen molar-refractivity contribution in [2.24, 2.45) is 0 Å². The van der Waals surface area contributed by atoms with Crippen LogP contribution in [0.15, 0.2) is 48.5 Å². The predicted molar refractivity (Wildman–Crippen MR) is 138 cm³/mol. The Morgan fingerprint density at radius 3 is 2.46 bits per heavy atom. The van der Waals surface area contributed by atoms with Gasteiger partial charge >= 0.3 is 6.18 Å². The molecule has 1 aliphatic carbocycles. The van der Waals surface area contributed by atoms with Gasteiger partial charge in [-0.25, -0.2) is 9.37 Å². The zero-order valence-electron chi connectivity index (χ0n) is 21.0. The molecule has 12 heteroatoms. The van der Waals surface area contributed by atoms with E-state index in [0.717, 1.165) is 31.4 Å². The van der Waals surface area contributed by atoms with E-state index in [2.05, 4.69) is 15.6 Å². The summed E-state index contributed by atoms with van der Waals surface area (Å²) in [6, 6.07) is 10.1. The molecule has 3 aromatic rings. The number of hydrogen-bond donors (Lipinski definition) is 3. The lowest BCUT2D eigenvalue weighted by Gasteiger charge is -2.31. The lowest BCUT2D eigenvalue weighted by atomic mass is 9.96. The molecule has 1 aromatic heterocycles. The van der Waals surface area contributed by atoms with Crippen LogP contribution in [0.2, 0.25) is 5.02 Å². The van der Waals surface area contributed by atoms with E-state index < -0.39 is 35.7 Å². The van der Waals surface area contributed by atoms with Gasteiger partial charge in [-0.05, 0) is 67.8 Å². The van der Waals surface area contributed by atoms with E-state index in [1.165, 1.54) is 50.6 Å². The fourth-order valence-electron chi connectivity index (χ4n) is 3.98. The first-order valence-electron chi connectivity index (χ1n) is 12.0. The van der Waals surface area contributed by atoms with Gasteiger partial charge in [0.2, 0.25) is 5.60 Å². The first kappa shape index (κ1) is 28.4. The predicted octanol–water partition coefficient (Wildman–Crippen LogP) is 5.70. The Bertz CT molecular complexity index is 1370. The number of nitrogens with zero attached hydrogens (tertiary/aromatic N) is 1. The van der Waals surface area contributed by atoms with Gasteiger partial charge in [-0.15, -0.1) is 0 Å². The van der Waals surface area contributed by atoms with Crippen LogP contribution >= 0.6 is 11.6 Å². The molecule has 1 saturated carbocycles. The molecular formula is C27H26ClF4N3O4. The zero-order valence-corrected chi connectivity index (χ0v) is 21.8. The summed E-state index contributed by atoms with van der Waals surface area (Å²) in [6.45, 7) is -1.23. The molecule has 0 saturated heterocycles. The maximum Gasteiger partial charge on any atom is 0.424 e. The Hall–Kier alpha value is -3.57. The van der Waals surface area contributed by atoms with E-state index in [-0.39, 0.29) is 33.7 Å². The highest BCUT2D eigenvalue weighted by molar-refractivity contribution is 6.31. The standard InChI is InChI=1S/C27H26ClF4N3O4/c1-33-20-9-11-23(35-24(20)15-6-8-19(29)18(28)12-15)26(37,27(30,31)32)14-34-25(36)16-7-10-21(22(13-16)38-2)39-17-4-3-5-17/h6-13,17,33,37H,3-5,14H2,1-2H3,(H,34,36). The topological polar surface area (TPSA) is 92.7 Å². The fraction of sp³-hybridized carbons (Fsp3) is 0.333. The molecular weight excluding hydrogens is 542 g/mol. The van der Waals surface area contributed by atoms with Crippen molar-refractivity contribution in [2.75, 3.05) is 26.0 Å². The minimum atomic E-state index is -5.22. The van der Waals surface area contributed by atoms with Gasteiger partial charge in [0.1, 0.15) is 5.82 Å². The number of aliphatic hydroxyl groups is 1. The van der Waals surface area contributed by atoms with Crippen LogP contribution < -0.4 is 20.1 Å². The van der Waals surface area contributed by atoms with E-state index >= 15 is 0 Å². The van der Waals surface area contributed by atoms with Crippen LogP contribution in [0, 0.1) is 5.82 Å². The number of halogens is 5. The Morgan fingerprint density at radius 2 is 1.87 bits per heavy atom. The molecule has 1 aliphatic rings. The van der Waals surface area contributed by atoms with Crippen LogP contribution in [-0.2, 0) is 5.60 Å². The average Bonchev–Trinajstić information content (AvgIpc) is 2.89. The average molecular weight is 568 g/mol. The number of amides is 1. The number of aromatic nitrogens is 1. The largest absolute Gasteiger partial charge is 0.493 e. The molecule has 1 heterocycles. The van der Waals surface area contributed by atoms with Crippen molar-refractivity contribution in [1.82, 2.24) is 10.3 Å². The number of ether oxygens (including phenoxy) is 2. The molecule has 1 amide bonds. The van der Waals surface area contributed by atoms with Crippen LogP contribution in [0.5, 0.6) is 11.5 Å². The third-order valence-corrected chi connectivity index (χ3v) is 6.82. The summed E-state index contributed by atoms with van der Waals surface area (Å²) in [5.41, 5.74) is -3.78. The lowest BCUT2D eigenvalue weighted by molar-refractivity contribution is -0.265. The van der Waals surface area contributed by atoms with Crippen molar-refractivity contribution in [3.63, 3.8) is 0 Å². The monoisotopic (exact) mass is 567 g/mol. The molecule has 1 fully saturated rings. The summed E-state index contributed by atoms with van der Waals surface area (Å²) >= 11 is 5.85. The molecule has 39 heavy (non-hydrogen) atoms. The number of hydrogen-bond acceptors (Lipinski definition) is 6. The van der Waals surface area contributed by atoms with E-state index in [0.29, 0.717) is 11.4 Å². The smallest absolute Gasteiger partial charge is 0.424 e. The molecule has 1 atom stereocenters. The molecule has 0 bridgehead atoms. The van der Waals surface area contributed by atoms with E-state index in [4.69, 9.17) is 21.1 Å². The van der Waals surface area contributed by atoms with Gasteiger partial charge in [0, 0.05) is 18.2 Å². The van der Waals surface area contributed by atoms with Crippen LogP contribution in [-0.4, -0.2) is 49.0 Å². The third kappa shape index (κ3) is 5.89. The molecule has 2 aromatic carbocycles. The van der Waals surface area contributed by atoms with Crippen LogP contribution in [0.25, 0.3) is 11.3 Å². The molecule has 7 nitrogen and oxygen atoms in total. The molecule has 3 N–H and O–H groups in total. The molecule has 208 valence electrons. The van der Waals surface area contributed by atoms with Crippen LogP contribution in [0.4, 0.5) is 23.2 Å². The van der Waals surface area contributed by atoms with E-state index in [1.54, 1.807) is 0 Å². The maximum atomic E-state index is 14.2. The summed E-state index contributed by atoms with van der Waals surface area (Å²) in [7, 11) is 2.91. The minimum absolute atomic E-state index is 0.00214. The summed E-state index contributed by atoms with van der Waals surface area (Å²) in [6.07, 6.45) is -2.30. The highest BCUT2D eigenvalue weighted by atomic mass is 35.5. The molecule has 0 aliphatic heterocycles. The molecule has 0 spiro atoms. The normalized spacial score (nSPS) is 15.2. The number of alkyl halides is 3. The SMILES string of the molecule is CNc1ccc(C(O)(CNC(=O)c2ccc(OC3CCC3)c(OC)c2)C(F)(F)F)nc1-c1ccc(F)c(Cl)c1. The Balaban J connectivity index is 1.61. The van der Waals surface area contributed by atoms with Crippen molar-refractivity contribution >= 4 is 23.2 Å². The second-order valence-corrected chi connectivity index (χ2v) is 9.46. The van der Waals surface area contributed by atoms with E-state index in [9.17, 15) is 27.5 Å². The van der Waals surface area contributed by atoms with Crippen molar-refractivity contribution in [3.05, 3.63) is 70.6 Å². The number of carbonyl (C=O) groups excluding carboxylic acids is 1. The van der Waals surface area contributed by atoms with Gasteiger partial charge in [0.25, 0.3) is 5.91 Å². The van der Waals surface area contributed by atoms with Gasteiger partial charge in [-0.1, -0.05) is 11.6 Å². The van der Waals surface area contributed by atoms with Gasteiger partial charge in [0.05, 0.1) is 41.9 Å². The molecule has 4 rings (SSSR count). The lowest BCUT2D eigenvalue weighted by Crippen LogP contribution is -2.51. The first-order chi connectivity index (χ1) is 18.5. The van der Waals surface area contributed by atoms with Crippen molar-refractivity contribution in [3.8, 4) is 22.8 Å². The van der Waals surface area contributed by atoms with E-state index in [1.807, 2.05) is 0 Å². The van der Waals surface area contributed by atoms with Crippen molar-refractivity contribution in [2.45, 2.75) is 37.1 Å². The summed E-state index contributed by atoms with van der Waals surface area (Å²) in [4.78, 5) is 16.9. The quantitative estimate of drug-likeness (QED) is 0.287. The van der Waals surface area contributed by atoms with Crippen molar-refractivity contribution in [1.29, 1.82) is 0 Å². The summed E-state index contributed by atoms with van der Waals surface area (Å²) in [5.74, 6) is -0.903. The number of methoxy groups -OCH3 is 1. The van der Waals surface area contributed by atoms with Crippen molar-refractivity contribution < 1.29 is 36.9 Å². The summed E-state index contributed by atoms with van der Waals surface area (Å²) < 4.78 is 67.5. The fourth-order valence-corrected chi connectivity index (χ4v) is 4.16. The molecule has 0 radical (unpaired) electrons. The zero-order chi connectivity index (χ0) is 28.4. The van der Waals surface area contributed by atoms with Crippen LogP contribution in [0.3, 0.4) is 0 Å². The van der Waals surface area contributed by atoms with Gasteiger partial charge in [-0.2, -0.15) is 13.2 Å². The number of rotatable bonds is 9. The van der Waals surface area contributed by atoms with Gasteiger partial charge in [-0.3, -0.25) is 4.79 Å². The number of pyridine rings is 1. The number of anilines is 1. The third-order valence-electron chi connectivity index (χ3n) is 6.53. The van der Waals surface area contributed by atoms with Crippen LogP contribution in [0.1, 0.15) is 35.3 Å². The Kier molecular flexibility index (Phi) is 8.22. The minimum Gasteiger partial charge on any atom is -0.493 e. The maximum absolute atomic E-state index is 14.2. The Morgan fingerprint density at radius 1 is 1.13 bits per heavy atom. The second-order valence-electron chi connectivity index (χ2n) is 9.05.